The summed E-state index contributed by atoms with van der Waals surface area (Å²) in [4.78, 5) is 12.3. The van der Waals surface area contributed by atoms with Gasteiger partial charge in [0.25, 0.3) is 0 Å². The van der Waals surface area contributed by atoms with Crippen LogP contribution < -0.4 is 9.47 Å². The molecule has 5 nitrogen and oxygen atoms in total. The number of esters is 1. The molecule has 1 aromatic heterocycles. The standard InChI is InChI=1S/C27H24BrNO4/c1-18-9-12-24(29(18)21-11-14-25(31-2)23(16-21)27(30)32-3)22-15-20(28)10-13-26(22)33-17-19-7-5-4-6-8-19/h4-16H,17H2,1-3H3. The number of rotatable bonds is 7. The maximum absolute atomic E-state index is 12.3. The third-order valence-electron chi connectivity index (χ3n) is 5.38. The molecule has 0 aliphatic carbocycles. The summed E-state index contributed by atoms with van der Waals surface area (Å²) in [6.07, 6.45) is 0. The summed E-state index contributed by atoms with van der Waals surface area (Å²) in [5, 5.41) is 0. The maximum Gasteiger partial charge on any atom is 0.341 e. The Morgan fingerprint density at radius 3 is 2.39 bits per heavy atom. The molecule has 33 heavy (non-hydrogen) atoms. The smallest absolute Gasteiger partial charge is 0.341 e. The van der Waals surface area contributed by atoms with Crippen LogP contribution in [-0.2, 0) is 11.3 Å². The minimum atomic E-state index is -0.450. The zero-order valence-corrected chi connectivity index (χ0v) is 20.3. The van der Waals surface area contributed by atoms with Gasteiger partial charge in [-0.2, -0.15) is 0 Å². The van der Waals surface area contributed by atoms with Crippen LogP contribution in [0.15, 0.2) is 83.3 Å². The first-order chi connectivity index (χ1) is 16.0. The van der Waals surface area contributed by atoms with Crippen LogP contribution in [0, 0.1) is 6.92 Å². The maximum atomic E-state index is 12.3. The molecule has 0 atom stereocenters. The van der Waals surface area contributed by atoms with E-state index in [0.717, 1.165) is 38.4 Å². The molecule has 3 aromatic carbocycles. The Morgan fingerprint density at radius 1 is 0.909 bits per heavy atom. The van der Waals surface area contributed by atoms with Gasteiger partial charge in [0.15, 0.2) is 0 Å². The zero-order chi connectivity index (χ0) is 23.4. The number of hydrogen-bond donors (Lipinski definition) is 0. The van der Waals surface area contributed by atoms with Gasteiger partial charge < -0.3 is 18.8 Å². The van der Waals surface area contributed by atoms with E-state index in [9.17, 15) is 4.79 Å². The highest BCUT2D eigenvalue weighted by atomic mass is 79.9. The second kappa shape index (κ2) is 9.96. The van der Waals surface area contributed by atoms with Crippen molar-refractivity contribution in [2.45, 2.75) is 13.5 Å². The van der Waals surface area contributed by atoms with Crippen LogP contribution >= 0.6 is 15.9 Å². The summed E-state index contributed by atoms with van der Waals surface area (Å²) in [6.45, 7) is 2.48. The molecule has 0 aliphatic heterocycles. The molecule has 1 heterocycles. The number of carbonyl (C=O) groups excluding carboxylic acids is 1. The van der Waals surface area contributed by atoms with Crippen molar-refractivity contribution < 1.29 is 19.0 Å². The number of nitrogens with zero attached hydrogens (tertiary/aromatic N) is 1. The normalized spacial score (nSPS) is 10.7. The molecule has 0 saturated carbocycles. The van der Waals surface area contributed by atoms with E-state index < -0.39 is 5.97 Å². The number of carbonyl (C=O) groups is 1. The Balaban J connectivity index is 1.79. The molecule has 168 valence electrons. The minimum Gasteiger partial charge on any atom is -0.496 e. The largest absolute Gasteiger partial charge is 0.496 e. The number of benzene rings is 3. The van der Waals surface area contributed by atoms with E-state index in [-0.39, 0.29) is 0 Å². The van der Waals surface area contributed by atoms with Crippen molar-refractivity contribution in [1.82, 2.24) is 4.57 Å². The van der Waals surface area contributed by atoms with Crippen LogP contribution in [0.3, 0.4) is 0 Å². The molecule has 0 aliphatic rings. The van der Waals surface area contributed by atoms with Gasteiger partial charge in [-0.25, -0.2) is 4.79 Å². The van der Waals surface area contributed by atoms with Crippen LogP contribution in [0.5, 0.6) is 11.5 Å². The van der Waals surface area contributed by atoms with Gasteiger partial charge in [-0.1, -0.05) is 46.3 Å². The quantitative estimate of drug-likeness (QED) is 0.266. The highest BCUT2D eigenvalue weighted by molar-refractivity contribution is 9.10. The Kier molecular flexibility index (Phi) is 6.84. The fourth-order valence-electron chi connectivity index (χ4n) is 3.76. The van der Waals surface area contributed by atoms with Crippen molar-refractivity contribution in [3.63, 3.8) is 0 Å². The number of hydrogen-bond acceptors (Lipinski definition) is 4. The summed E-state index contributed by atoms with van der Waals surface area (Å²) >= 11 is 3.59. The van der Waals surface area contributed by atoms with E-state index in [1.165, 1.54) is 14.2 Å². The van der Waals surface area contributed by atoms with Gasteiger partial charge in [0.2, 0.25) is 0 Å². The SMILES string of the molecule is COC(=O)c1cc(-n2c(C)ccc2-c2cc(Br)ccc2OCc2ccccc2)ccc1OC. The first-order valence-corrected chi connectivity index (χ1v) is 11.2. The van der Waals surface area contributed by atoms with Crippen molar-refractivity contribution in [3.05, 3.63) is 100 Å². The van der Waals surface area contributed by atoms with Crippen LogP contribution in [-0.4, -0.2) is 24.8 Å². The minimum absolute atomic E-state index is 0.367. The van der Waals surface area contributed by atoms with Gasteiger partial charge in [-0.05, 0) is 61.0 Å². The molecular formula is C27H24BrNO4. The molecule has 0 saturated heterocycles. The number of aryl methyl sites for hydroxylation is 1. The monoisotopic (exact) mass is 505 g/mol. The number of halogens is 1. The van der Waals surface area contributed by atoms with Crippen molar-refractivity contribution in [3.8, 4) is 28.4 Å². The fraction of sp³-hybridized carbons (Fsp3) is 0.148. The molecule has 6 heteroatoms. The van der Waals surface area contributed by atoms with E-state index in [4.69, 9.17) is 14.2 Å². The van der Waals surface area contributed by atoms with E-state index in [2.05, 4.69) is 26.6 Å². The van der Waals surface area contributed by atoms with Gasteiger partial charge in [-0.3, -0.25) is 0 Å². The average Bonchev–Trinajstić information content (AvgIpc) is 3.24. The van der Waals surface area contributed by atoms with Crippen LogP contribution in [0.2, 0.25) is 0 Å². The number of aromatic nitrogens is 1. The van der Waals surface area contributed by atoms with Crippen molar-refractivity contribution >= 4 is 21.9 Å². The van der Waals surface area contributed by atoms with Crippen molar-refractivity contribution in [1.29, 1.82) is 0 Å². The van der Waals surface area contributed by atoms with Gasteiger partial charge in [-0.15, -0.1) is 0 Å². The van der Waals surface area contributed by atoms with Crippen LogP contribution in [0.25, 0.3) is 16.9 Å². The lowest BCUT2D eigenvalue weighted by molar-refractivity contribution is 0.0597. The van der Waals surface area contributed by atoms with Crippen molar-refractivity contribution in [2.24, 2.45) is 0 Å². The van der Waals surface area contributed by atoms with Gasteiger partial charge in [0.1, 0.15) is 23.7 Å². The first-order valence-electron chi connectivity index (χ1n) is 10.4. The summed E-state index contributed by atoms with van der Waals surface area (Å²) < 4.78 is 19.6. The molecule has 0 radical (unpaired) electrons. The molecule has 4 aromatic rings. The van der Waals surface area contributed by atoms with Gasteiger partial charge in [0.05, 0.1) is 19.9 Å². The highest BCUT2D eigenvalue weighted by Gasteiger charge is 2.18. The Labute approximate surface area is 201 Å². The second-order valence-electron chi connectivity index (χ2n) is 7.49. The topological polar surface area (TPSA) is 49.7 Å². The van der Waals surface area contributed by atoms with Gasteiger partial charge >= 0.3 is 5.97 Å². The first kappa shape index (κ1) is 22.7. The summed E-state index contributed by atoms with van der Waals surface area (Å²) in [5.74, 6) is 0.781. The average molecular weight is 506 g/mol. The van der Waals surface area contributed by atoms with Gasteiger partial charge in [0, 0.05) is 21.4 Å². The Hall–Kier alpha value is -3.51. The Morgan fingerprint density at radius 2 is 1.67 bits per heavy atom. The van der Waals surface area contributed by atoms with Crippen molar-refractivity contribution in [2.75, 3.05) is 14.2 Å². The lowest BCUT2D eigenvalue weighted by Gasteiger charge is -2.17. The van der Waals surface area contributed by atoms with Crippen LogP contribution in [0.4, 0.5) is 0 Å². The molecule has 4 rings (SSSR count). The van der Waals surface area contributed by atoms with E-state index in [0.29, 0.717) is 17.9 Å². The molecule has 0 N–H and O–H groups in total. The number of ether oxygens (including phenoxy) is 3. The van der Waals surface area contributed by atoms with E-state index in [1.807, 2.05) is 67.6 Å². The molecule has 0 unspecified atom stereocenters. The highest BCUT2D eigenvalue weighted by Crippen LogP contribution is 2.37. The number of methoxy groups -OCH3 is 2. The molecule has 0 amide bonds. The molecular weight excluding hydrogens is 482 g/mol. The van der Waals surface area contributed by atoms with E-state index >= 15 is 0 Å². The van der Waals surface area contributed by atoms with E-state index in [1.54, 1.807) is 12.1 Å². The Bertz CT molecular complexity index is 1280. The lowest BCUT2D eigenvalue weighted by atomic mass is 10.1. The van der Waals surface area contributed by atoms with Crippen LogP contribution in [0.1, 0.15) is 21.6 Å². The fourth-order valence-corrected chi connectivity index (χ4v) is 4.12. The lowest BCUT2D eigenvalue weighted by Crippen LogP contribution is -2.07. The summed E-state index contributed by atoms with van der Waals surface area (Å²) in [5.41, 5.74) is 5.17. The summed E-state index contributed by atoms with van der Waals surface area (Å²) in [7, 11) is 2.89. The predicted molar refractivity (Wildman–Crippen MR) is 132 cm³/mol. The molecule has 0 bridgehead atoms. The third-order valence-corrected chi connectivity index (χ3v) is 5.87. The third kappa shape index (κ3) is 4.81. The predicted octanol–water partition coefficient (Wildman–Crippen LogP) is 6.59. The molecule has 0 fully saturated rings. The molecule has 0 spiro atoms. The second-order valence-corrected chi connectivity index (χ2v) is 8.40. The zero-order valence-electron chi connectivity index (χ0n) is 18.7. The summed E-state index contributed by atoms with van der Waals surface area (Å²) in [6, 6.07) is 25.6.